The quantitative estimate of drug-likeness (QED) is 0.867. The Morgan fingerprint density at radius 1 is 1.20 bits per heavy atom. The number of anilines is 2. The van der Waals surface area contributed by atoms with E-state index in [9.17, 15) is 9.59 Å². The molecule has 3 rings (SSSR count). The molecule has 2 aromatic rings. The van der Waals surface area contributed by atoms with Crippen molar-refractivity contribution in [1.29, 1.82) is 0 Å². The summed E-state index contributed by atoms with van der Waals surface area (Å²) in [6.45, 7) is 5.64. The van der Waals surface area contributed by atoms with Crippen LogP contribution in [-0.2, 0) is 0 Å². The third-order valence-electron chi connectivity index (χ3n) is 4.42. The summed E-state index contributed by atoms with van der Waals surface area (Å²) in [4.78, 5) is 34.4. The smallest absolute Gasteiger partial charge is 0.274 e. The molecule has 1 N–H and O–H groups in total. The van der Waals surface area contributed by atoms with Crippen LogP contribution in [0.1, 0.15) is 47.5 Å². The van der Waals surface area contributed by atoms with Crippen molar-refractivity contribution in [2.45, 2.75) is 26.7 Å². The predicted octanol–water partition coefficient (Wildman–Crippen LogP) is 3.17. The van der Waals surface area contributed by atoms with Gasteiger partial charge in [-0.05, 0) is 49.9 Å². The van der Waals surface area contributed by atoms with E-state index in [0.717, 1.165) is 25.3 Å². The zero-order valence-electron chi connectivity index (χ0n) is 14.5. The van der Waals surface area contributed by atoms with Gasteiger partial charge in [-0.1, -0.05) is 6.92 Å². The maximum atomic E-state index is 12.4. The van der Waals surface area contributed by atoms with Gasteiger partial charge in [0.15, 0.2) is 5.78 Å². The maximum Gasteiger partial charge on any atom is 0.274 e. The first-order valence-corrected chi connectivity index (χ1v) is 8.52. The van der Waals surface area contributed by atoms with Crippen molar-refractivity contribution in [3.05, 3.63) is 47.9 Å². The van der Waals surface area contributed by atoms with E-state index in [1.807, 2.05) is 0 Å². The average Bonchev–Trinajstić information content (AvgIpc) is 2.62. The molecule has 1 amide bonds. The summed E-state index contributed by atoms with van der Waals surface area (Å²) in [6.07, 6.45) is 3.79. The van der Waals surface area contributed by atoms with Crippen LogP contribution in [-0.4, -0.2) is 34.7 Å². The van der Waals surface area contributed by atoms with E-state index < -0.39 is 0 Å². The molecule has 0 aliphatic carbocycles. The minimum Gasteiger partial charge on any atom is -0.356 e. The number of rotatable bonds is 4. The van der Waals surface area contributed by atoms with E-state index in [1.54, 1.807) is 30.3 Å². The Kier molecular flexibility index (Phi) is 5.07. The molecule has 1 saturated heterocycles. The minimum absolute atomic E-state index is 0.00548. The van der Waals surface area contributed by atoms with Crippen molar-refractivity contribution >= 4 is 23.2 Å². The first-order valence-electron chi connectivity index (χ1n) is 8.52. The molecule has 1 aliphatic rings. The molecular weight excluding hydrogens is 316 g/mol. The first-order chi connectivity index (χ1) is 12.0. The summed E-state index contributed by atoms with van der Waals surface area (Å²) >= 11 is 0. The second-order valence-electron chi connectivity index (χ2n) is 6.54. The molecule has 6 nitrogen and oxygen atoms in total. The topological polar surface area (TPSA) is 75.2 Å². The van der Waals surface area contributed by atoms with Gasteiger partial charge >= 0.3 is 0 Å². The summed E-state index contributed by atoms with van der Waals surface area (Å²) in [5.41, 5.74) is 1.57. The fourth-order valence-electron chi connectivity index (χ4n) is 3.03. The molecule has 1 unspecified atom stereocenters. The van der Waals surface area contributed by atoms with Crippen molar-refractivity contribution in [3.63, 3.8) is 0 Å². The first kappa shape index (κ1) is 17.1. The molecule has 1 fully saturated rings. The number of ketones is 1. The number of nitrogens with one attached hydrogen (secondary N) is 1. The number of hydrogen-bond donors (Lipinski definition) is 1. The van der Waals surface area contributed by atoms with Gasteiger partial charge in [-0.2, -0.15) is 0 Å². The van der Waals surface area contributed by atoms with Crippen molar-refractivity contribution in [3.8, 4) is 0 Å². The highest BCUT2D eigenvalue weighted by Crippen LogP contribution is 2.21. The largest absolute Gasteiger partial charge is 0.356 e. The Morgan fingerprint density at radius 2 is 1.96 bits per heavy atom. The molecule has 0 spiro atoms. The molecule has 25 heavy (non-hydrogen) atoms. The van der Waals surface area contributed by atoms with Gasteiger partial charge in [0.25, 0.3) is 5.91 Å². The van der Waals surface area contributed by atoms with Gasteiger partial charge in [0, 0.05) is 30.4 Å². The summed E-state index contributed by atoms with van der Waals surface area (Å²) in [7, 11) is 0. The molecule has 0 saturated carbocycles. The number of hydrogen-bond acceptors (Lipinski definition) is 5. The van der Waals surface area contributed by atoms with E-state index in [4.69, 9.17) is 0 Å². The van der Waals surface area contributed by atoms with Crippen molar-refractivity contribution in [2.24, 2.45) is 5.92 Å². The van der Waals surface area contributed by atoms with Gasteiger partial charge in [-0.15, -0.1) is 0 Å². The lowest BCUT2D eigenvalue weighted by Crippen LogP contribution is -2.35. The minimum atomic E-state index is -0.288. The Labute approximate surface area is 147 Å². The van der Waals surface area contributed by atoms with Crippen molar-refractivity contribution < 1.29 is 9.59 Å². The van der Waals surface area contributed by atoms with Crippen LogP contribution in [0, 0.1) is 5.92 Å². The second kappa shape index (κ2) is 7.42. The number of carbonyl (C=O) groups excluding carboxylic acids is 2. The Hall–Kier alpha value is -2.76. The second-order valence-corrected chi connectivity index (χ2v) is 6.54. The standard InChI is InChI=1S/C19H22N4O2/c1-13-4-3-9-23(11-13)18-10-17(20-12-21-18)19(25)22-16-7-5-15(6-8-16)14(2)24/h5-8,10,12-13H,3-4,9,11H2,1-2H3,(H,22,25). The lowest BCUT2D eigenvalue weighted by atomic mass is 10.0. The van der Waals surface area contributed by atoms with Gasteiger partial charge in [-0.25, -0.2) is 9.97 Å². The molecule has 1 aromatic heterocycles. The molecule has 0 bridgehead atoms. The molecule has 1 aromatic carbocycles. The third kappa shape index (κ3) is 4.21. The number of piperidine rings is 1. The highest BCUT2D eigenvalue weighted by Gasteiger charge is 2.19. The highest BCUT2D eigenvalue weighted by molar-refractivity contribution is 6.03. The van der Waals surface area contributed by atoms with E-state index >= 15 is 0 Å². The summed E-state index contributed by atoms with van der Waals surface area (Å²) in [6, 6.07) is 8.54. The van der Waals surface area contributed by atoms with Gasteiger partial charge in [0.2, 0.25) is 0 Å². The SMILES string of the molecule is CC(=O)c1ccc(NC(=O)c2cc(N3CCCC(C)C3)ncn2)cc1. The predicted molar refractivity (Wildman–Crippen MR) is 97.0 cm³/mol. The van der Waals surface area contributed by atoms with Crippen LogP contribution < -0.4 is 10.2 Å². The monoisotopic (exact) mass is 338 g/mol. The molecule has 6 heteroatoms. The number of Topliss-reactive ketones (excluding diaryl/α,β-unsaturated/α-hetero) is 1. The van der Waals surface area contributed by atoms with Crippen LogP contribution in [0.15, 0.2) is 36.7 Å². The number of carbonyl (C=O) groups is 2. The maximum absolute atomic E-state index is 12.4. The number of benzene rings is 1. The van der Waals surface area contributed by atoms with Gasteiger partial charge in [0.1, 0.15) is 17.8 Å². The Balaban J connectivity index is 1.71. The van der Waals surface area contributed by atoms with Crippen LogP contribution in [0.4, 0.5) is 11.5 Å². The van der Waals surface area contributed by atoms with Crippen LogP contribution in [0.5, 0.6) is 0 Å². The molecule has 0 radical (unpaired) electrons. The van der Waals surface area contributed by atoms with Crippen LogP contribution in [0.2, 0.25) is 0 Å². The lowest BCUT2D eigenvalue weighted by molar-refractivity contribution is 0.101. The van der Waals surface area contributed by atoms with E-state index in [2.05, 4.69) is 27.1 Å². The number of nitrogens with zero attached hydrogens (tertiary/aromatic N) is 3. The van der Waals surface area contributed by atoms with Crippen LogP contribution in [0.25, 0.3) is 0 Å². The Morgan fingerprint density at radius 3 is 2.64 bits per heavy atom. The van der Waals surface area contributed by atoms with Crippen molar-refractivity contribution in [2.75, 3.05) is 23.3 Å². The summed E-state index contributed by atoms with van der Waals surface area (Å²) in [5, 5.41) is 2.80. The highest BCUT2D eigenvalue weighted by atomic mass is 16.2. The van der Waals surface area contributed by atoms with E-state index in [0.29, 0.717) is 22.9 Å². The summed E-state index contributed by atoms with van der Waals surface area (Å²) < 4.78 is 0. The van der Waals surface area contributed by atoms with Gasteiger partial charge in [-0.3, -0.25) is 9.59 Å². The van der Waals surface area contributed by atoms with Gasteiger partial charge in [0.05, 0.1) is 0 Å². The molecule has 1 atom stereocenters. The van der Waals surface area contributed by atoms with Gasteiger partial charge < -0.3 is 10.2 Å². The zero-order valence-corrected chi connectivity index (χ0v) is 14.5. The summed E-state index contributed by atoms with van der Waals surface area (Å²) in [5.74, 6) is 1.12. The fraction of sp³-hybridized carbons (Fsp3) is 0.368. The van der Waals surface area contributed by atoms with E-state index in [1.165, 1.54) is 19.7 Å². The zero-order chi connectivity index (χ0) is 17.8. The Bertz CT molecular complexity index is 773. The van der Waals surface area contributed by atoms with Crippen LogP contribution in [0.3, 0.4) is 0 Å². The average molecular weight is 338 g/mol. The fourth-order valence-corrected chi connectivity index (χ4v) is 3.03. The lowest BCUT2D eigenvalue weighted by Gasteiger charge is -2.31. The van der Waals surface area contributed by atoms with Crippen LogP contribution >= 0.6 is 0 Å². The normalized spacial score (nSPS) is 17.2. The van der Waals surface area contributed by atoms with Crippen molar-refractivity contribution in [1.82, 2.24) is 9.97 Å². The molecule has 1 aliphatic heterocycles. The number of aromatic nitrogens is 2. The molecular formula is C19H22N4O2. The molecule has 130 valence electrons. The van der Waals surface area contributed by atoms with E-state index in [-0.39, 0.29) is 11.7 Å². The molecule has 2 heterocycles. The number of amides is 1. The third-order valence-corrected chi connectivity index (χ3v) is 4.42.